The van der Waals surface area contributed by atoms with Gasteiger partial charge < -0.3 is 19.6 Å². The lowest BCUT2D eigenvalue weighted by Crippen LogP contribution is -3.12. The number of ether oxygens (including phenoxy) is 1. The van der Waals surface area contributed by atoms with Crippen molar-refractivity contribution < 1.29 is 29.3 Å². The molecule has 1 N–H and O–H groups in total. The summed E-state index contributed by atoms with van der Waals surface area (Å²) in [6, 6.07) is 11.1. The number of quaternary nitrogens is 1. The Balaban J connectivity index is 2.08. The molecular weight excluding hydrogens is 426 g/mol. The maximum absolute atomic E-state index is 13.4. The molecule has 0 bridgehead atoms. The van der Waals surface area contributed by atoms with Gasteiger partial charge in [0.1, 0.15) is 5.75 Å². The van der Waals surface area contributed by atoms with Gasteiger partial charge in [-0.05, 0) is 49.2 Å². The van der Waals surface area contributed by atoms with E-state index in [9.17, 15) is 24.8 Å². The zero-order valence-electron chi connectivity index (χ0n) is 18.9. The fourth-order valence-electron chi connectivity index (χ4n) is 4.01. The number of Topliss-reactive ketones (excluding diaryl/α,β-unsaturated/α-hetero) is 1. The van der Waals surface area contributed by atoms with E-state index in [0.29, 0.717) is 24.4 Å². The number of benzene rings is 2. The summed E-state index contributed by atoms with van der Waals surface area (Å²) in [4.78, 5) is 39.1. The molecule has 0 radical (unpaired) electrons. The molecule has 9 nitrogen and oxygen atoms in total. The maximum atomic E-state index is 13.4. The first-order chi connectivity index (χ1) is 15.8. The lowest BCUT2D eigenvalue weighted by molar-refractivity contribution is -0.895. The predicted octanol–water partition coefficient (Wildman–Crippen LogP) is 0.752. The standard InChI is InChI=1S/C24H27N3O6/c1-4-25(5-2)14-15-26-21(16-8-12-19(33-3)13-9-16)20(23(29)24(26)30)22(28)17-6-10-18(11-7-17)27(31)32/h6-13,21,28H,4-5,14-15H2,1-3H3/b22-20+. The first-order valence-corrected chi connectivity index (χ1v) is 10.8. The second kappa shape index (κ2) is 10.3. The van der Waals surface area contributed by atoms with Crippen molar-refractivity contribution in [2.75, 3.05) is 33.3 Å². The smallest absolute Gasteiger partial charge is 0.295 e. The number of ketones is 1. The van der Waals surface area contributed by atoms with Gasteiger partial charge in [-0.15, -0.1) is 0 Å². The van der Waals surface area contributed by atoms with E-state index in [1.807, 2.05) is 13.8 Å². The second-order valence-corrected chi connectivity index (χ2v) is 7.76. The van der Waals surface area contributed by atoms with E-state index in [1.54, 1.807) is 24.3 Å². The van der Waals surface area contributed by atoms with Gasteiger partial charge in [0, 0.05) is 17.7 Å². The number of hydrogen-bond donors (Lipinski definition) is 1. The van der Waals surface area contributed by atoms with Crippen LogP contribution in [0, 0.1) is 10.1 Å². The van der Waals surface area contributed by atoms with Crippen LogP contribution in [0.15, 0.2) is 54.1 Å². The zero-order chi connectivity index (χ0) is 24.1. The van der Waals surface area contributed by atoms with Crippen LogP contribution in [0.5, 0.6) is 5.75 Å². The normalized spacial score (nSPS) is 17.6. The van der Waals surface area contributed by atoms with Crippen molar-refractivity contribution in [3.8, 4) is 5.75 Å². The number of nitro groups is 1. The van der Waals surface area contributed by atoms with E-state index in [-0.39, 0.29) is 16.8 Å². The minimum Gasteiger partial charge on any atom is -0.872 e. The average Bonchev–Trinajstić information content (AvgIpc) is 3.09. The molecule has 9 heteroatoms. The SMILES string of the molecule is CC[NH+](CC)CCN1C(=O)C(=O)/C(=C(/[O-])c2ccc([N+](=O)[O-])cc2)C1c1ccc(OC)cc1. The molecule has 0 spiro atoms. The van der Waals surface area contributed by atoms with Crippen molar-refractivity contribution in [3.63, 3.8) is 0 Å². The van der Waals surface area contributed by atoms with Crippen molar-refractivity contribution >= 4 is 23.1 Å². The van der Waals surface area contributed by atoms with E-state index < -0.39 is 28.4 Å². The molecule has 1 aliphatic rings. The Morgan fingerprint density at radius 3 is 2.18 bits per heavy atom. The summed E-state index contributed by atoms with van der Waals surface area (Å²) in [5.74, 6) is -1.56. The Labute approximate surface area is 192 Å². The van der Waals surface area contributed by atoms with Crippen molar-refractivity contribution in [2.45, 2.75) is 19.9 Å². The number of rotatable bonds is 9. The van der Waals surface area contributed by atoms with Gasteiger partial charge in [-0.3, -0.25) is 19.7 Å². The number of non-ortho nitro benzene ring substituents is 1. The van der Waals surface area contributed by atoms with Gasteiger partial charge in [-0.2, -0.15) is 0 Å². The van der Waals surface area contributed by atoms with Crippen molar-refractivity contribution in [1.29, 1.82) is 0 Å². The van der Waals surface area contributed by atoms with E-state index >= 15 is 0 Å². The molecule has 1 heterocycles. The highest BCUT2D eigenvalue weighted by atomic mass is 16.6. The number of likely N-dealkylation sites (tertiary alicyclic amines) is 1. The van der Waals surface area contributed by atoms with Crippen LogP contribution in [-0.4, -0.2) is 54.8 Å². The van der Waals surface area contributed by atoms with Crippen LogP contribution in [0.2, 0.25) is 0 Å². The highest BCUT2D eigenvalue weighted by Crippen LogP contribution is 2.39. The summed E-state index contributed by atoms with van der Waals surface area (Å²) in [6.07, 6.45) is 0. The molecule has 1 fully saturated rings. The predicted molar refractivity (Wildman–Crippen MR) is 119 cm³/mol. The highest BCUT2D eigenvalue weighted by molar-refractivity contribution is 6.46. The summed E-state index contributed by atoms with van der Waals surface area (Å²) in [6.45, 7) is 6.79. The zero-order valence-corrected chi connectivity index (χ0v) is 18.9. The highest BCUT2D eigenvalue weighted by Gasteiger charge is 2.44. The summed E-state index contributed by atoms with van der Waals surface area (Å²) < 4.78 is 5.20. The molecule has 0 saturated carbocycles. The molecule has 0 aliphatic carbocycles. The summed E-state index contributed by atoms with van der Waals surface area (Å²) in [5, 5.41) is 24.3. The quantitative estimate of drug-likeness (QED) is 0.197. The van der Waals surface area contributed by atoms with Crippen molar-refractivity contribution in [3.05, 3.63) is 75.3 Å². The Kier molecular flexibility index (Phi) is 7.44. The summed E-state index contributed by atoms with van der Waals surface area (Å²) >= 11 is 0. The number of amides is 1. The van der Waals surface area contributed by atoms with E-state index in [2.05, 4.69) is 0 Å². The second-order valence-electron chi connectivity index (χ2n) is 7.76. The van der Waals surface area contributed by atoms with Crippen LogP contribution in [-0.2, 0) is 9.59 Å². The average molecular weight is 453 g/mol. The number of hydrogen-bond acceptors (Lipinski definition) is 6. The van der Waals surface area contributed by atoms with Gasteiger partial charge in [-0.25, -0.2) is 0 Å². The van der Waals surface area contributed by atoms with Crippen LogP contribution >= 0.6 is 0 Å². The molecule has 174 valence electrons. The third-order valence-corrected chi connectivity index (χ3v) is 6.01. The number of carbonyl (C=O) groups excluding carboxylic acids is 2. The van der Waals surface area contributed by atoms with Gasteiger partial charge in [0.2, 0.25) is 5.78 Å². The van der Waals surface area contributed by atoms with Crippen molar-refractivity contribution in [1.82, 2.24) is 4.90 Å². The lowest BCUT2D eigenvalue weighted by atomic mass is 9.95. The first kappa shape index (κ1) is 23.9. The number of carbonyl (C=O) groups is 2. The van der Waals surface area contributed by atoms with Crippen LogP contribution in [0.1, 0.15) is 31.0 Å². The third kappa shape index (κ3) is 4.88. The third-order valence-electron chi connectivity index (χ3n) is 6.01. The Morgan fingerprint density at radius 2 is 1.67 bits per heavy atom. The summed E-state index contributed by atoms with van der Waals surface area (Å²) in [5.41, 5.74) is 0.427. The largest absolute Gasteiger partial charge is 0.872 e. The Bertz CT molecular complexity index is 1060. The summed E-state index contributed by atoms with van der Waals surface area (Å²) in [7, 11) is 1.53. The molecular formula is C24H27N3O6. The van der Waals surface area contributed by atoms with Gasteiger partial charge >= 0.3 is 0 Å². The maximum Gasteiger partial charge on any atom is 0.295 e. The Hall–Kier alpha value is -3.72. The molecule has 3 rings (SSSR count). The molecule has 1 aliphatic heterocycles. The topological polar surface area (TPSA) is 117 Å². The van der Waals surface area contributed by atoms with Crippen LogP contribution in [0.4, 0.5) is 5.69 Å². The number of nitro benzene ring substituents is 1. The molecule has 1 atom stereocenters. The first-order valence-electron chi connectivity index (χ1n) is 10.8. The van der Waals surface area contributed by atoms with Crippen LogP contribution in [0.3, 0.4) is 0 Å². The van der Waals surface area contributed by atoms with E-state index in [4.69, 9.17) is 4.74 Å². The van der Waals surface area contributed by atoms with Crippen LogP contribution in [0.25, 0.3) is 5.76 Å². The Morgan fingerprint density at radius 1 is 1.06 bits per heavy atom. The van der Waals surface area contributed by atoms with Gasteiger partial charge in [-0.1, -0.05) is 17.9 Å². The number of likely N-dealkylation sites (N-methyl/N-ethyl adjacent to an activating group) is 1. The van der Waals surface area contributed by atoms with E-state index in [1.165, 1.54) is 41.2 Å². The fourth-order valence-corrected chi connectivity index (χ4v) is 4.01. The monoisotopic (exact) mass is 453 g/mol. The van der Waals surface area contributed by atoms with E-state index in [0.717, 1.165) is 13.1 Å². The molecule has 1 saturated heterocycles. The number of methoxy groups -OCH3 is 1. The molecule has 2 aromatic carbocycles. The molecule has 2 aromatic rings. The molecule has 0 aromatic heterocycles. The minimum absolute atomic E-state index is 0.117. The lowest BCUT2D eigenvalue weighted by Gasteiger charge is -2.28. The minimum atomic E-state index is -0.839. The van der Waals surface area contributed by atoms with Gasteiger partial charge in [0.25, 0.3) is 11.6 Å². The molecule has 33 heavy (non-hydrogen) atoms. The molecule has 1 unspecified atom stereocenters. The molecule has 1 amide bonds. The van der Waals surface area contributed by atoms with Gasteiger partial charge in [0.05, 0.1) is 44.3 Å². The number of nitrogens with one attached hydrogen (secondary N) is 1. The number of nitrogens with zero attached hydrogens (tertiary/aromatic N) is 2. The van der Waals surface area contributed by atoms with Crippen LogP contribution < -0.4 is 14.7 Å². The van der Waals surface area contributed by atoms with Gasteiger partial charge in [0.15, 0.2) is 0 Å². The fraction of sp³-hybridized carbons (Fsp3) is 0.333. The van der Waals surface area contributed by atoms with Crippen molar-refractivity contribution in [2.24, 2.45) is 0 Å².